The molecule has 102 valence electrons. The molecule has 0 aromatic heterocycles. The van der Waals surface area contributed by atoms with E-state index in [0.717, 1.165) is 0 Å². The standard InChI is InChI=1S/C13H15F5/c1-5(2)7(6(3)4)8-9(14)11(16)13(18)12(17)10(8)15/h5-7H,1-4H3. The first-order chi connectivity index (χ1) is 8.20. The molecule has 0 nitrogen and oxygen atoms in total. The Bertz CT molecular complexity index is 414. The first-order valence-corrected chi connectivity index (χ1v) is 5.71. The highest BCUT2D eigenvalue weighted by Crippen LogP contribution is 2.37. The Balaban J connectivity index is 3.58. The highest BCUT2D eigenvalue weighted by Gasteiger charge is 2.33. The minimum Gasteiger partial charge on any atom is -0.203 e. The van der Waals surface area contributed by atoms with E-state index in [1.165, 1.54) is 0 Å². The molecule has 0 aliphatic carbocycles. The first-order valence-electron chi connectivity index (χ1n) is 5.71. The van der Waals surface area contributed by atoms with Crippen LogP contribution in [0.4, 0.5) is 22.0 Å². The van der Waals surface area contributed by atoms with Crippen molar-refractivity contribution in [2.45, 2.75) is 33.6 Å². The fourth-order valence-electron chi connectivity index (χ4n) is 2.35. The van der Waals surface area contributed by atoms with Crippen LogP contribution in [0.1, 0.15) is 39.2 Å². The van der Waals surface area contributed by atoms with E-state index < -0.39 is 40.6 Å². The topological polar surface area (TPSA) is 0 Å². The summed E-state index contributed by atoms with van der Waals surface area (Å²) in [6, 6.07) is 0. The van der Waals surface area contributed by atoms with E-state index in [9.17, 15) is 22.0 Å². The monoisotopic (exact) mass is 266 g/mol. The normalized spacial score (nSPS) is 12.0. The van der Waals surface area contributed by atoms with Crippen LogP contribution in [0.5, 0.6) is 0 Å². The summed E-state index contributed by atoms with van der Waals surface area (Å²) in [5.74, 6) is -10.5. The van der Waals surface area contributed by atoms with Crippen molar-refractivity contribution in [1.82, 2.24) is 0 Å². The van der Waals surface area contributed by atoms with E-state index in [0.29, 0.717) is 0 Å². The maximum atomic E-state index is 13.7. The molecule has 0 N–H and O–H groups in total. The zero-order chi connectivity index (χ0) is 14.2. The summed E-state index contributed by atoms with van der Waals surface area (Å²) in [6.45, 7) is 6.73. The Labute approximate surface area is 103 Å². The van der Waals surface area contributed by atoms with Crippen molar-refractivity contribution in [3.8, 4) is 0 Å². The summed E-state index contributed by atoms with van der Waals surface area (Å²) in [7, 11) is 0. The van der Waals surface area contributed by atoms with Crippen LogP contribution >= 0.6 is 0 Å². The summed E-state index contributed by atoms with van der Waals surface area (Å²) in [6.07, 6.45) is 0. The van der Waals surface area contributed by atoms with Crippen molar-refractivity contribution in [2.24, 2.45) is 11.8 Å². The zero-order valence-corrected chi connectivity index (χ0v) is 10.6. The Morgan fingerprint density at radius 1 is 0.556 bits per heavy atom. The molecular weight excluding hydrogens is 251 g/mol. The van der Waals surface area contributed by atoms with Gasteiger partial charge in [-0.1, -0.05) is 27.7 Å². The van der Waals surface area contributed by atoms with Crippen molar-refractivity contribution < 1.29 is 22.0 Å². The molecule has 0 atom stereocenters. The van der Waals surface area contributed by atoms with Crippen molar-refractivity contribution in [1.29, 1.82) is 0 Å². The summed E-state index contributed by atoms with van der Waals surface area (Å²) in [5.41, 5.74) is -0.712. The molecule has 0 spiro atoms. The molecule has 1 aromatic carbocycles. The van der Waals surface area contributed by atoms with Gasteiger partial charge in [-0.25, -0.2) is 22.0 Å². The van der Waals surface area contributed by atoms with Gasteiger partial charge in [0.2, 0.25) is 5.82 Å². The fourth-order valence-corrected chi connectivity index (χ4v) is 2.35. The quantitative estimate of drug-likeness (QED) is 0.419. The molecule has 5 heteroatoms. The van der Waals surface area contributed by atoms with Gasteiger partial charge in [0.15, 0.2) is 23.3 Å². The van der Waals surface area contributed by atoms with Gasteiger partial charge >= 0.3 is 0 Å². The minimum absolute atomic E-state index is 0.238. The third-order valence-electron chi connectivity index (χ3n) is 3.01. The van der Waals surface area contributed by atoms with Gasteiger partial charge in [-0.15, -0.1) is 0 Å². The molecule has 0 amide bonds. The molecular formula is C13H15F5. The SMILES string of the molecule is CC(C)C(c1c(F)c(F)c(F)c(F)c1F)C(C)C. The molecule has 0 saturated carbocycles. The minimum atomic E-state index is -2.11. The zero-order valence-electron chi connectivity index (χ0n) is 10.6. The fraction of sp³-hybridized carbons (Fsp3) is 0.538. The lowest BCUT2D eigenvalue weighted by atomic mass is 9.79. The lowest BCUT2D eigenvalue weighted by molar-refractivity contribution is 0.322. The molecule has 0 heterocycles. The van der Waals surface area contributed by atoms with E-state index in [2.05, 4.69) is 0 Å². The molecule has 0 fully saturated rings. The van der Waals surface area contributed by atoms with Gasteiger partial charge in [-0.2, -0.15) is 0 Å². The molecule has 0 bridgehead atoms. The van der Waals surface area contributed by atoms with E-state index in [1.54, 1.807) is 27.7 Å². The van der Waals surface area contributed by atoms with E-state index in [4.69, 9.17) is 0 Å². The Morgan fingerprint density at radius 2 is 0.833 bits per heavy atom. The van der Waals surface area contributed by atoms with E-state index in [-0.39, 0.29) is 11.8 Å². The summed E-state index contributed by atoms with van der Waals surface area (Å²) >= 11 is 0. The van der Waals surface area contributed by atoms with Crippen LogP contribution in [0.25, 0.3) is 0 Å². The van der Waals surface area contributed by atoms with Crippen LogP contribution in [0.15, 0.2) is 0 Å². The highest BCUT2D eigenvalue weighted by molar-refractivity contribution is 5.28. The second-order valence-electron chi connectivity index (χ2n) is 5.00. The number of hydrogen-bond donors (Lipinski definition) is 0. The van der Waals surface area contributed by atoms with Crippen LogP contribution in [-0.4, -0.2) is 0 Å². The predicted molar refractivity (Wildman–Crippen MR) is 58.6 cm³/mol. The molecule has 0 unspecified atom stereocenters. The van der Waals surface area contributed by atoms with Crippen molar-refractivity contribution in [3.05, 3.63) is 34.6 Å². The lowest BCUT2D eigenvalue weighted by Gasteiger charge is -2.26. The Kier molecular flexibility index (Phi) is 4.35. The second kappa shape index (κ2) is 5.24. The number of benzene rings is 1. The number of halogens is 5. The van der Waals surface area contributed by atoms with Gasteiger partial charge < -0.3 is 0 Å². The van der Waals surface area contributed by atoms with Crippen molar-refractivity contribution in [3.63, 3.8) is 0 Å². The lowest BCUT2D eigenvalue weighted by Crippen LogP contribution is -2.19. The number of hydrogen-bond acceptors (Lipinski definition) is 0. The molecule has 1 aromatic rings. The molecule has 0 aliphatic heterocycles. The van der Waals surface area contributed by atoms with Gasteiger partial charge in [0.25, 0.3) is 0 Å². The molecule has 1 rings (SSSR count). The van der Waals surface area contributed by atoms with Crippen LogP contribution < -0.4 is 0 Å². The number of rotatable bonds is 3. The average Bonchev–Trinajstić information content (AvgIpc) is 2.28. The maximum Gasteiger partial charge on any atom is 0.200 e. The smallest absolute Gasteiger partial charge is 0.200 e. The summed E-state index contributed by atoms with van der Waals surface area (Å²) in [4.78, 5) is 0. The first kappa shape index (κ1) is 14.9. The molecule has 0 saturated heterocycles. The highest BCUT2D eigenvalue weighted by atomic mass is 19.2. The van der Waals surface area contributed by atoms with Gasteiger partial charge in [0.1, 0.15) is 0 Å². The van der Waals surface area contributed by atoms with Crippen LogP contribution in [0.3, 0.4) is 0 Å². The van der Waals surface area contributed by atoms with Gasteiger partial charge in [-0.05, 0) is 17.8 Å². The predicted octanol–water partition coefficient (Wildman–Crippen LogP) is 4.78. The third-order valence-corrected chi connectivity index (χ3v) is 3.01. The van der Waals surface area contributed by atoms with Gasteiger partial charge in [0, 0.05) is 5.56 Å². The van der Waals surface area contributed by atoms with Crippen molar-refractivity contribution in [2.75, 3.05) is 0 Å². The Hall–Kier alpha value is -1.13. The molecule has 18 heavy (non-hydrogen) atoms. The van der Waals surface area contributed by atoms with Gasteiger partial charge in [0.05, 0.1) is 0 Å². The Morgan fingerprint density at radius 3 is 1.11 bits per heavy atom. The van der Waals surface area contributed by atoms with Crippen molar-refractivity contribution >= 4 is 0 Å². The second-order valence-corrected chi connectivity index (χ2v) is 5.00. The van der Waals surface area contributed by atoms with E-state index in [1.807, 2.05) is 0 Å². The van der Waals surface area contributed by atoms with Crippen LogP contribution in [0, 0.1) is 40.9 Å². The van der Waals surface area contributed by atoms with E-state index >= 15 is 0 Å². The summed E-state index contributed by atoms with van der Waals surface area (Å²) in [5, 5.41) is 0. The molecule has 0 radical (unpaired) electrons. The van der Waals surface area contributed by atoms with Crippen LogP contribution in [0.2, 0.25) is 0 Å². The maximum absolute atomic E-state index is 13.7. The van der Waals surface area contributed by atoms with Gasteiger partial charge in [-0.3, -0.25) is 0 Å². The summed E-state index contributed by atoms with van der Waals surface area (Å²) < 4.78 is 66.5. The van der Waals surface area contributed by atoms with Crippen LogP contribution in [-0.2, 0) is 0 Å². The third kappa shape index (κ3) is 2.35. The average molecular weight is 266 g/mol. The largest absolute Gasteiger partial charge is 0.203 e. The molecule has 0 aliphatic rings.